The first kappa shape index (κ1) is 11.7. The number of hydrogen-bond donors (Lipinski definition) is 1. The Hall–Kier alpha value is -1.74. The van der Waals surface area contributed by atoms with E-state index in [-0.39, 0.29) is 5.75 Å². The summed E-state index contributed by atoms with van der Waals surface area (Å²) < 4.78 is 5.42. The first-order valence-electron chi connectivity index (χ1n) is 5.29. The van der Waals surface area contributed by atoms with E-state index in [0.29, 0.717) is 23.1 Å². The quantitative estimate of drug-likeness (QED) is 0.905. The van der Waals surface area contributed by atoms with Crippen LogP contribution in [0.2, 0.25) is 5.02 Å². The van der Waals surface area contributed by atoms with Crippen molar-refractivity contribution in [1.82, 2.24) is 4.98 Å². The van der Waals surface area contributed by atoms with E-state index in [1.165, 1.54) is 0 Å². The highest BCUT2D eigenvalue weighted by Crippen LogP contribution is 2.35. The smallest absolute Gasteiger partial charge is 0.221 e. The van der Waals surface area contributed by atoms with Gasteiger partial charge in [0.25, 0.3) is 0 Å². The van der Waals surface area contributed by atoms with E-state index in [9.17, 15) is 5.11 Å². The van der Waals surface area contributed by atoms with Crippen molar-refractivity contribution in [3.05, 3.63) is 41.6 Å². The van der Waals surface area contributed by atoms with Crippen molar-refractivity contribution >= 4 is 11.6 Å². The lowest BCUT2D eigenvalue weighted by Crippen LogP contribution is -1.96. The predicted molar refractivity (Wildman–Crippen MR) is 67.5 cm³/mol. The van der Waals surface area contributed by atoms with Gasteiger partial charge in [-0.05, 0) is 37.3 Å². The van der Waals surface area contributed by atoms with Crippen LogP contribution in [-0.2, 0) is 0 Å². The van der Waals surface area contributed by atoms with Crippen LogP contribution in [0, 0.1) is 0 Å². The Morgan fingerprint density at radius 1 is 1.29 bits per heavy atom. The molecule has 3 nitrogen and oxygen atoms in total. The van der Waals surface area contributed by atoms with Crippen LogP contribution in [0.1, 0.15) is 6.92 Å². The average molecular weight is 250 g/mol. The van der Waals surface area contributed by atoms with Crippen molar-refractivity contribution in [2.45, 2.75) is 6.92 Å². The van der Waals surface area contributed by atoms with Crippen LogP contribution < -0.4 is 4.74 Å². The summed E-state index contributed by atoms with van der Waals surface area (Å²) in [5.41, 5.74) is 1.35. The van der Waals surface area contributed by atoms with Crippen molar-refractivity contribution < 1.29 is 9.84 Å². The fourth-order valence-electron chi connectivity index (χ4n) is 1.57. The molecule has 0 spiro atoms. The minimum Gasteiger partial charge on any atom is -0.507 e. The summed E-state index contributed by atoms with van der Waals surface area (Å²) >= 11 is 5.92. The molecule has 2 aromatic rings. The first-order chi connectivity index (χ1) is 8.22. The maximum Gasteiger partial charge on any atom is 0.221 e. The molecule has 0 radical (unpaired) electrons. The lowest BCUT2D eigenvalue weighted by atomic mass is 10.1. The van der Waals surface area contributed by atoms with Crippen molar-refractivity contribution in [2.24, 2.45) is 0 Å². The SMILES string of the molecule is CCOc1ncccc1-c1cc(Cl)ccc1O. The van der Waals surface area contributed by atoms with Gasteiger partial charge in [0.05, 0.1) is 6.61 Å². The molecule has 1 aromatic heterocycles. The molecule has 0 unspecified atom stereocenters. The van der Waals surface area contributed by atoms with Gasteiger partial charge in [-0.2, -0.15) is 0 Å². The van der Waals surface area contributed by atoms with Crippen molar-refractivity contribution in [1.29, 1.82) is 0 Å². The van der Waals surface area contributed by atoms with E-state index in [1.54, 1.807) is 30.5 Å². The highest BCUT2D eigenvalue weighted by Gasteiger charge is 2.11. The molecular weight excluding hydrogens is 238 g/mol. The van der Waals surface area contributed by atoms with Crippen molar-refractivity contribution in [3.8, 4) is 22.8 Å². The summed E-state index contributed by atoms with van der Waals surface area (Å²) in [6.45, 7) is 2.40. The first-order valence-corrected chi connectivity index (χ1v) is 5.67. The summed E-state index contributed by atoms with van der Waals surface area (Å²) in [4.78, 5) is 4.14. The standard InChI is InChI=1S/C13H12ClNO2/c1-2-17-13-10(4-3-7-15-13)11-8-9(14)5-6-12(11)16/h3-8,16H,2H2,1H3. The van der Waals surface area contributed by atoms with Crippen molar-refractivity contribution in [2.75, 3.05) is 6.61 Å². The Morgan fingerprint density at radius 2 is 2.12 bits per heavy atom. The minimum absolute atomic E-state index is 0.156. The molecule has 17 heavy (non-hydrogen) atoms. The van der Waals surface area contributed by atoms with Crippen LogP contribution >= 0.6 is 11.6 Å². The maximum absolute atomic E-state index is 9.84. The molecule has 0 aliphatic carbocycles. The molecule has 1 heterocycles. The van der Waals surface area contributed by atoms with E-state index in [2.05, 4.69) is 4.98 Å². The predicted octanol–water partition coefficient (Wildman–Crippen LogP) is 3.51. The monoisotopic (exact) mass is 249 g/mol. The molecule has 88 valence electrons. The third-order valence-corrected chi connectivity index (χ3v) is 2.54. The molecule has 1 N–H and O–H groups in total. The minimum atomic E-state index is 0.156. The normalized spacial score (nSPS) is 10.2. The van der Waals surface area contributed by atoms with Crippen LogP contribution in [0.4, 0.5) is 0 Å². The molecule has 0 fully saturated rings. The van der Waals surface area contributed by atoms with Gasteiger partial charge >= 0.3 is 0 Å². The lowest BCUT2D eigenvalue weighted by Gasteiger charge is -2.10. The average Bonchev–Trinajstić information content (AvgIpc) is 2.34. The second kappa shape index (κ2) is 5.06. The van der Waals surface area contributed by atoms with Gasteiger partial charge in [0.2, 0.25) is 5.88 Å². The number of ether oxygens (including phenoxy) is 1. The third kappa shape index (κ3) is 2.50. The van der Waals surface area contributed by atoms with E-state index < -0.39 is 0 Å². The van der Waals surface area contributed by atoms with Crippen molar-refractivity contribution in [3.63, 3.8) is 0 Å². The Labute approximate surface area is 105 Å². The van der Waals surface area contributed by atoms with Crippen LogP contribution in [0.15, 0.2) is 36.5 Å². The maximum atomic E-state index is 9.84. The van der Waals surface area contributed by atoms with Crippen LogP contribution in [0.25, 0.3) is 11.1 Å². The molecule has 0 atom stereocenters. The molecular formula is C13H12ClNO2. The molecule has 0 amide bonds. The Morgan fingerprint density at radius 3 is 2.88 bits per heavy atom. The molecule has 2 rings (SSSR count). The van der Waals surface area contributed by atoms with Gasteiger partial charge < -0.3 is 9.84 Å². The Kier molecular flexibility index (Phi) is 3.49. The summed E-state index contributed by atoms with van der Waals surface area (Å²) in [7, 11) is 0. The molecule has 4 heteroatoms. The summed E-state index contributed by atoms with van der Waals surface area (Å²) in [6.07, 6.45) is 1.65. The molecule has 0 aliphatic heterocycles. The summed E-state index contributed by atoms with van der Waals surface area (Å²) in [5, 5.41) is 10.4. The number of pyridine rings is 1. The number of phenols is 1. The van der Waals surface area contributed by atoms with Gasteiger partial charge in [-0.3, -0.25) is 0 Å². The topological polar surface area (TPSA) is 42.4 Å². The molecule has 1 aromatic carbocycles. The zero-order chi connectivity index (χ0) is 12.3. The molecule has 0 aliphatic rings. The van der Waals surface area contributed by atoms with E-state index in [4.69, 9.17) is 16.3 Å². The van der Waals surface area contributed by atoms with Crippen LogP contribution in [-0.4, -0.2) is 16.7 Å². The van der Waals surface area contributed by atoms with E-state index >= 15 is 0 Å². The van der Waals surface area contributed by atoms with Gasteiger partial charge in [0.1, 0.15) is 5.75 Å². The number of phenolic OH excluding ortho intramolecular Hbond substituents is 1. The Balaban J connectivity index is 2.55. The van der Waals surface area contributed by atoms with Gasteiger partial charge in [0, 0.05) is 22.3 Å². The lowest BCUT2D eigenvalue weighted by molar-refractivity contribution is 0.328. The van der Waals surface area contributed by atoms with Gasteiger partial charge in [0.15, 0.2) is 0 Å². The number of aromatic nitrogens is 1. The van der Waals surface area contributed by atoms with Gasteiger partial charge in [-0.1, -0.05) is 11.6 Å². The van der Waals surface area contributed by atoms with Crippen LogP contribution in [0.3, 0.4) is 0 Å². The number of halogens is 1. The summed E-state index contributed by atoms with van der Waals surface area (Å²) in [6, 6.07) is 8.51. The number of hydrogen-bond acceptors (Lipinski definition) is 3. The highest BCUT2D eigenvalue weighted by atomic mass is 35.5. The summed E-state index contributed by atoms with van der Waals surface area (Å²) in [5.74, 6) is 0.649. The fourth-order valence-corrected chi connectivity index (χ4v) is 1.74. The zero-order valence-corrected chi connectivity index (χ0v) is 10.1. The molecule has 0 saturated carbocycles. The van der Waals surface area contributed by atoms with Crippen LogP contribution in [0.5, 0.6) is 11.6 Å². The number of aromatic hydroxyl groups is 1. The molecule has 0 saturated heterocycles. The fraction of sp³-hybridized carbons (Fsp3) is 0.154. The third-order valence-electron chi connectivity index (χ3n) is 2.30. The number of nitrogens with zero attached hydrogens (tertiary/aromatic N) is 1. The van der Waals surface area contributed by atoms with E-state index in [1.807, 2.05) is 13.0 Å². The zero-order valence-electron chi connectivity index (χ0n) is 9.35. The highest BCUT2D eigenvalue weighted by molar-refractivity contribution is 6.31. The second-order valence-corrected chi connectivity index (χ2v) is 3.89. The van der Waals surface area contributed by atoms with E-state index in [0.717, 1.165) is 5.56 Å². The van der Waals surface area contributed by atoms with Gasteiger partial charge in [-0.25, -0.2) is 4.98 Å². The largest absolute Gasteiger partial charge is 0.507 e. The Bertz CT molecular complexity index is 529. The molecule has 0 bridgehead atoms. The second-order valence-electron chi connectivity index (χ2n) is 3.45. The number of benzene rings is 1. The number of rotatable bonds is 3. The van der Waals surface area contributed by atoms with Gasteiger partial charge in [-0.15, -0.1) is 0 Å².